The van der Waals surface area contributed by atoms with E-state index in [4.69, 9.17) is 4.74 Å². The van der Waals surface area contributed by atoms with Crippen molar-refractivity contribution < 1.29 is 17.9 Å². The zero-order valence-corrected chi connectivity index (χ0v) is 17.6. The van der Waals surface area contributed by atoms with Gasteiger partial charge in [0.05, 0.1) is 6.61 Å². The van der Waals surface area contributed by atoms with Crippen LogP contribution in [0.1, 0.15) is 30.2 Å². The van der Waals surface area contributed by atoms with Crippen LogP contribution in [0.25, 0.3) is 6.08 Å². The summed E-state index contributed by atoms with van der Waals surface area (Å²) in [6, 6.07) is 6.70. The zero-order chi connectivity index (χ0) is 20.1. The lowest BCUT2D eigenvalue weighted by Crippen LogP contribution is -2.28. The van der Waals surface area contributed by atoms with E-state index in [0.717, 1.165) is 23.3 Å². The van der Waals surface area contributed by atoms with Gasteiger partial charge in [0.25, 0.3) is 0 Å². The van der Waals surface area contributed by atoms with E-state index in [0.29, 0.717) is 31.1 Å². The lowest BCUT2D eigenvalue weighted by molar-refractivity contribution is -0.111. The number of nitrogens with zero attached hydrogens (tertiary/aromatic N) is 1. The summed E-state index contributed by atoms with van der Waals surface area (Å²) in [5.74, 6) is -0.0152. The molecule has 0 atom stereocenters. The largest absolute Gasteiger partial charge is 0.492 e. The number of thiophene rings is 1. The zero-order valence-electron chi connectivity index (χ0n) is 16.0. The van der Waals surface area contributed by atoms with E-state index in [1.165, 1.54) is 16.4 Å². The van der Waals surface area contributed by atoms with Gasteiger partial charge in [-0.15, -0.1) is 11.3 Å². The average molecular weight is 421 g/mol. The van der Waals surface area contributed by atoms with Crippen LogP contribution in [0.5, 0.6) is 5.75 Å². The molecule has 0 bridgehead atoms. The van der Waals surface area contributed by atoms with Gasteiger partial charge in [-0.05, 0) is 68.0 Å². The molecule has 6 nitrogen and oxygen atoms in total. The van der Waals surface area contributed by atoms with Gasteiger partial charge in [0.1, 0.15) is 10.6 Å². The molecule has 0 aliphatic carbocycles. The molecule has 1 saturated heterocycles. The van der Waals surface area contributed by atoms with Gasteiger partial charge in [-0.3, -0.25) is 4.79 Å². The summed E-state index contributed by atoms with van der Waals surface area (Å²) >= 11 is 1.56. The Labute approximate surface area is 169 Å². The smallest absolute Gasteiger partial charge is 0.248 e. The van der Waals surface area contributed by atoms with Gasteiger partial charge in [-0.2, -0.15) is 4.31 Å². The summed E-state index contributed by atoms with van der Waals surface area (Å²) in [5, 5.41) is 4.70. The van der Waals surface area contributed by atoms with E-state index in [-0.39, 0.29) is 10.8 Å². The van der Waals surface area contributed by atoms with E-state index in [9.17, 15) is 13.2 Å². The quantitative estimate of drug-likeness (QED) is 0.690. The Morgan fingerprint density at radius 2 is 2.04 bits per heavy atom. The molecule has 1 aromatic carbocycles. The molecular weight excluding hydrogens is 396 g/mol. The van der Waals surface area contributed by atoms with E-state index < -0.39 is 10.0 Å². The predicted octanol–water partition coefficient (Wildman–Crippen LogP) is 3.89. The van der Waals surface area contributed by atoms with Crippen molar-refractivity contribution in [3.8, 4) is 5.75 Å². The van der Waals surface area contributed by atoms with Crippen molar-refractivity contribution in [3.63, 3.8) is 0 Å². The molecule has 150 valence electrons. The molecule has 1 N–H and O–H groups in total. The topological polar surface area (TPSA) is 75.7 Å². The van der Waals surface area contributed by atoms with Crippen LogP contribution in [0.3, 0.4) is 0 Å². The highest BCUT2D eigenvalue weighted by atomic mass is 32.2. The number of anilines is 1. The molecule has 0 saturated carbocycles. The third-order valence-corrected chi connectivity index (χ3v) is 7.39. The van der Waals surface area contributed by atoms with Crippen molar-refractivity contribution in [2.75, 3.05) is 25.0 Å². The van der Waals surface area contributed by atoms with Crippen LogP contribution in [0.4, 0.5) is 5.69 Å². The van der Waals surface area contributed by atoms with Crippen molar-refractivity contribution >= 4 is 39.0 Å². The fourth-order valence-electron chi connectivity index (χ4n) is 3.02. The molecule has 1 aromatic heterocycles. The minimum absolute atomic E-state index is 0.0899. The molecule has 1 aliphatic heterocycles. The highest BCUT2D eigenvalue weighted by Gasteiger charge is 2.30. The number of carbonyl (C=O) groups is 1. The Balaban J connectivity index is 1.83. The highest BCUT2D eigenvalue weighted by Crippen LogP contribution is 2.31. The summed E-state index contributed by atoms with van der Waals surface area (Å²) in [6.07, 6.45) is 4.91. The SMILES string of the molecule is CCOc1ccc(NC(=O)C=Cc2sccc2C)cc1S(=O)(=O)N1CCCC1. The lowest BCUT2D eigenvalue weighted by Gasteiger charge is -2.19. The van der Waals surface area contributed by atoms with Crippen LogP contribution < -0.4 is 10.1 Å². The van der Waals surface area contributed by atoms with Crippen molar-refractivity contribution in [1.29, 1.82) is 0 Å². The molecule has 0 spiro atoms. The van der Waals surface area contributed by atoms with Crippen LogP contribution in [0.15, 0.2) is 40.6 Å². The first-order valence-corrected chi connectivity index (χ1v) is 11.5. The second-order valence-electron chi connectivity index (χ2n) is 6.50. The predicted molar refractivity (Wildman–Crippen MR) is 112 cm³/mol. The third kappa shape index (κ3) is 4.63. The molecule has 0 radical (unpaired) electrons. The molecular formula is C20H24N2O4S2. The van der Waals surface area contributed by atoms with Crippen molar-refractivity contribution in [3.05, 3.63) is 46.2 Å². The molecule has 1 aliphatic rings. The highest BCUT2D eigenvalue weighted by molar-refractivity contribution is 7.89. The Hall–Kier alpha value is -2.16. The monoisotopic (exact) mass is 420 g/mol. The summed E-state index contributed by atoms with van der Waals surface area (Å²) < 4.78 is 33.0. The second-order valence-corrected chi connectivity index (χ2v) is 9.35. The number of hydrogen-bond acceptors (Lipinski definition) is 5. The average Bonchev–Trinajstić information content (AvgIpc) is 3.33. The van der Waals surface area contributed by atoms with E-state index >= 15 is 0 Å². The van der Waals surface area contributed by atoms with Crippen LogP contribution >= 0.6 is 11.3 Å². The molecule has 0 unspecified atom stereocenters. The number of aryl methyl sites for hydroxylation is 1. The van der Waals surface area contributed by atoms with Crippen LogP contribution in [0, 0.1) is 6.92 Å². The van der Waals surface area contributed by atoms with Gasteiger partial charge >= 0.3 is 0 Å². The summed E-state index contributed by atoms with van der Waals surface area (Å²) in [4.78, 5) is 13.4. The number of hydrogen-bond donors (Lipinski definition) is 1. The maximum atomic E-state index is 13.0. The van der Waals surface area contributed by atoms with Crippen LogP contribution in [-0.2, 0) is 14.8 Å². The fraction of sp³-hybridized carbons (Fsp3) is 0.350. The van der Waals surface area contributed by atoms with Gasteiger partial charge < -0.3 is 10.1 Å². The molecule has 8 heteroatoms. The van der Waals surface area contributed by atoms with E-state index in [1.807, 2.05) is 18.4 Å². The summed E-state index contributed by atoms with van der Waals surface area (Å²) in [7, 11) is -3.66. The van der Waals surface area contributed by atoms with Crippen LogP contribution in [0.2, 0.25) is 0 Å². The van der Waals surface area contributed by atoms with Gasteiger partial charge in [0, 0.05) is 29.7 Å². The maximum Gasteiger partial charge on any atom is 0.248 e. The van der Waals surface area contributed by atoms with E-state index in [1.54, 1.807) is 36.5 Å². The number of ether oxygens (including phenoxy) is 1. The van der Waals surface area contributed by atoms with E-state index in [2.05, 4.69) is 5.32 Å². The van der Waals surface area contributed by atoms with Gasteiger partial charge in [-0.25, -0.2) is 8.42 Å². The normalized spacial score (nSPS) is 15.2. The number of benzene rings is 1. The molecule has 2 aromatic rings. The third-order valence-electron chi connectivity index (χ3n) is 4.48. The number of rotatable bonds is 7. The number of sulfonamides is 1. The molecule has 2 heterocycles. The molecule has 28 heavy (non-hydrogen) atoms. The van der Waals surface area contributed by atoms with Gasteiger partial charge in [-0.1, -0.05) is 0 Å². The fourth-order valence-corrected chi connectivity index (χ4v) is 5.51. The molecule has 1 amide bonds. The Bertz CT molecular complexity index is 974. The Kier molecular flexibility index (Phi) is 6.53. The van der Waals surface area contributed by atoms with Crippen molar-refractivity contribution in [2.45, 2.75) is 31.6 Å². The molecule has 1 fully saturated rings. The maximum absolute atomic E-state index is 13.0. The van der Waals surface area contributed by atoms with Crippen molar-refractivity contribution in [1.82, 2.24) is 4.31 Å². The minimum atomic E-state index is -3.66. The lowest BCUT2D eigenvalue weighted by atomic mass is 10.2. The second kappa shape index (κ2) is 8.89. The Morgan fingerprint density at radius 3 is 2.68 bits per heavy atom. The first-order valence-electron chi connectivity index (χ1n) is 9.22. The summed E-state index contributed by atoms with van der Waals surface area (Å²) in [6.45, 7) is 5.16. The van der Waals surface area contributed by atoms with Crippen LogP contribution in [-0.4, -0.2) is 38.3 Å². The number of nitrogens with one attached hydrogen (secondary N) is 1. The Morgan fingerprint density at radius 1 is 1.29 bits per heavy atom. The standard InChI is InChI=1S/C20H24N2O4S2/c1-3-26-17-7-6-16(14-19(17)28(24,25)22-11-4-5-12-22)21-20(23)9-8-18-15(2)10-13-27-18/h6-10,13-14H,3-5,11-12H2,1-2H3,(H,21,23). The molecule has 3 rings (SSSR count). The first-order chi connectivity index (χ1) is 13.4. The number of amides is 1. The van der Waals surface area contributed by atoms with Gasteiger partial charge in [0.2, 0.25) is 15.9 Å². The number of carbonyl (C=O) groups excluding carboxylic acids is 1. The van der Waals surface area contributed by atoms with Crippen molar-refractivity contribution in [2.24, 2.45) is 0 Å². The summed E-state index contributed by atoms with van der Waals surface area (Å²) in [5.41, 5.74) is 1.52. The minimum Gasteiger partial charge on any atom is -0.492 e. The first kappa shape index (κ1) is 20.6. The van der Waals surface area contributed by atoms with Gasteiger partial charge in [0.15, 0.2) is 0 Å².